The van der Waals surface area contributed by atoms with Gasteiger partial charge in [-0.1, -0.05) is 12.1 Å². The van der Waals surface area contributed by atoms with Crippen molar-refractivity contribution in [3.05, 3.63) is 36.5 Å². The summed E-state index contributed by atoms with van der Waals surface area (Å²) in [7, 11) is 0. The van der Waals surface area contributed by atoms with E-state index in [0.717, 1.165) is 10.9 Å². The predicted molar refractivity (Wildman–Crippen MR) is 37.2 cm³/mol. The first-order chi connectivity index (χ1) is 4.97. The highest BCUT2D eigenvalue weighted by atomic mass is 15.1. The van der Waals surface area contributed by atoms with Gasteiger partial charge in [-0.2, -0.15) is 0 Å². The van der Waals surface area contributed by atoms with Gasteiger partial charge in [0, 0.05) is 5.39 Å². The number of aromatic nitrogens is 2. The molecule has 0 atom stereocenters. The van der Waals surface area contributed by atoms with Crippen LogP contribution in [0.15, 0.2) is 24.3 Å². The summed E-state index contributed by atoms with van der Waals surface area (Å²) in [6.07, 6.45) is 2.66. The molecule has 2 heteroatoms. The Morgan fingerprint density at radius 3 is 3.20 bits per heavy atom. The summed E-state index contributed by atoms with van der Waals surface area (Å²) in [6.45, 7) is 0. The average molecular weight is 128 g/mol. The summed E-state index contributed by atoms with van der Waals surface area (Å²) in [5.41, 5.74) is 0.862. The molecule has 46 valence electrons. The second-order valence-corrected chi connectivity index (χ2v) is 1.96. The van der Waals surface area contributed by atoms with Crippen LogP contribution >= 0.6 is 0 Å². The molecule has 0 aliphatic heterocycles. The minimum atomic E-state index is 0.862. The van der Waals surface area contributed by atoms with Crippen LogP contribution in [-0.2, 0) is 0 Å². The molecule has 0 aliphatic rings. The lowest BCUT2D eigenvalue weighted by Crippen LogP contribution is -1.80. The molecule has 2 aromatic rings. The lowest BCUT2D eigenvalue weighted by molar-refractivity contribution is 1.07. The van der Waals surface area contributed by atoms with Crippen molar-refractivity contribution >= 4 is 10.9 Å². The second kappa shape index (κ2) is 2.06. The Morgan fingerprint density at radius 1 is 1.30 bits per heavy atom. The van der Waals surface area contributed by atoms with Gasteiger partial charge in [0.1, 0.15) is 6.20 Å². The number of nitrogens with zero attached hydrogens (tertiary/aromatic N) is 2. The Labute approximate surface area is 58.5 Å². The van der Waals surface area contributed by atoms with E-state index in [0.29, 0.717) is 0 Å². The fourth-order valence-corrected chi connectivity index (χ4v) is 0.823. The molecule has 0 aliphatic carbocycles. The van der Waals surface area contributed by atoms with E-state index < -0.39 is 0 Å². The molecule has 2 rings (SSSR count). The Morgan fingerprint density at radius 2 is 2.30 bits per heavy atom. The van der Waals surface area contributed by atoms with Gasteiger partial charge in [0.25, 0.3) is 0 Å². The molecule has 1 aromatic carbocycles. The van der Waals surface area contributed by atoms with E-state index in [9.17, 15) is 0 Å². The van der Waals surface area contributed by atoms with Gasteiger partial charge in [0.2, 0.25) is 0 Å². The first kappa shape index (κ1) is 5.35. The highest BCUT2D eigenvalue weighted by molar-refractivity contribution is 5.76. The summed E-state index contributed by atoms with van der Waals surface area (Å²) < 4.78 is 0. The first-order valence-corrected chi connectivity index (χ1v) is 2.96. The maximum Gasteiger partial charge on any atom is 0.114 e. The van der Waals surface area contributed by atoms with Crippen molar-refractivity contribution in [1.82, 2.24) is 10.2 Å². The van der Waals surface area contributed by atoms with Crippen molar-refractivity contribution in [2.24, 2.45) is 0 Å². The largest absolute Gasteiger partial charge is 0.150 e. The van der Waals surface area contributed by atoms with Crippen LogP contribution in [0.3, 0.4) is 0 Å². The third kappa shape index (κ3) is 0.739. The maximum absolute atomic E-state index is 3.84. The molecule has 2 nitrogen and oxygen atoms in total. The number of hydrogen-bond donors (Lipinski definition) is 0. The molecular formula is C8H4N2. The SMILES string of the molecule is [c]1ccc2c[c]nnc2c1. The van der Waals surface area contributed by atoms with Crippen LogP contribution in [0, 0.1) is 12.3 Å². The van der Waals surface area contributed by atoms with Crippen molar-refractivity contribution in [3.8, 4) is 0 Å². The van der Waals surface area contributed by atoms with E-state index in [1.807, 2.05) is 12.1 Å². The van der Waals surface area contributed by atoms with Crippen LogP contribution in [0.5, 0.6) is 0 Å². The van der Waals surface area contributed by atoms with Gasteiger partial charge < -0.3 is 0 Å². The zero-order valence-corrected chi connectivity index (χ0v) is 5.20. The van der Waals surface area contributed by atoms with Crippen LogP contribution in [0.4, 0.5) is 0 Å². The van der Waals surface area contributed by atoms with E-state index in [-0.39, 0.29) is 0 Å². The van der Waals surface area contributed by atoms with Gasteiger partial charge in [-0.25, -0.2) is 0 Å². The lowest BCUT2D eigenvalue weighted by atomic mass is 10.2. The molecule has 0 amide bonds. The molecule has 0 saturated carbocycles. The Bertz CT molecular complexity index is 278. The Hall–Kier alpha value is -1.44. The van der Waals surface area contributed by atoms with Crippen LogP contribution < -0.4 is 0 Å². The molecule has 0 bridgehead atoms. The van der Waals surface area contributed by atoms with E-state index in [4.69, 9.17) is 0 Å². The molecule has 0 fully saturated rings. The first-order valence-electron chi connectivity index (χ1n) is 2.96. The molecule has 2 radical (unpaired) electrons. The summed E-state index contributed by atoms with van der Waals surface area (Å²) >= 11 is 0. The van der Waals surface area contributed by atoms with Crippen LogP contribution in [0.1, 0.15) is 0 Å². The van der Waals surface area contributed by atoms with Crippen LogP contribution in [-0.4, -0.2) is 10.2 Å². The van der Waals surface area contributed by atoms with Crippen molar-refractivity contribution in [3.63, 3.8) is 0 Å². The normalized spacial score (nSPS) is 10.0. The lowest BCUT2D eigenvalue weighted by Gasteiger charge is -1.89. The fraction of sp³-hybridized carbons (Fsp3) is 0. The quantitative estimate of drug-likeness (QED) is 0.533. The minimum absolute atomic E-state index is 0.862. The van der Waals surface area contributed by atoms with Crippen molar-refractivity contribution in [1.29, 1.82) is 0 Å². The van der Waals surface area contributed by atoms with Crippen LogP contribution in [0.25, 0.3) is 10.9 Å². The maximum atomic E-state index is 3.84. The van der Waals surface area contributed by atoms with E-state index in [1.54, 1.807) is 12.1 Å². The molecular weight excluding hydrogens is 124 g/mol. The molecule has 0 saturated heterocycles. The van der Waals surface area contributed by atoms with Crippen molar-refractivity contribution in [2.75, 3.05) is 0 Å². The second-order valence-electron chi connectivity index (χ2n) is 1.96. The van der Waals surface area contributed by atoms with Crippen LogP contribution in [0.2, 0.25) is 0 Å². The van der Waals surface area contributed by atoms with Gasteiger partial charge >= 0.3 is 0 Å². The zero-order chi connectivity index (χ0) is 6.81. The molecule has 1 aromatic heterocycles. The van der Waals surface area contributed by atoms with Crippen molar-refractivity contribution in [2.45, 2.75) is 0 Å². The number of hydrogen-bond acceptors (Lipinski definition) is 2. The third-order valence-corrected chi connectivity index (χ3v) is 1.31. The summed E-state index contributed by atoms with van der Waals surface area (Å²) in [4.78, 5) is 0. The van der Waals surface area contributed by atoms with Gasteiger partial charge in [-0.3, -0.25) is 0 Å². The smallest absolute Gasteiger partial charge is 0.114 e. The van der Waals surface area contributed by atoms with Crippen molar-refractivity contribution < 1.29 is 0 Å². The van der Waals surface area contributed by atoms with E-state index in [1.165, 1.54) is 0 Å². The predicted octanol–water partition coefficient (Wildman–Crippen LogP) is 1.23. The summed E-state index contributed by atoms with van der Waals surface area (Å²) in [5.74, 6) is 0. The number of fused-ring (bicyclic) bond motifs is 1. The zero-order valence-electron chi connectivity index (χ0n) is 5.20. The Kier molecular flexibility index (Phi) is 1.10. The number of benzene rings is 1. The Balaban J connectivity index is 2.89. The highest BCUT2D eigenvalue weighted by Gasteiger charge is 1.88. The monoisotopic (exact) mass is 128 g/mol. The third-order valence-electron chi connectivity index (χ3n) is 1.31. The molecule has 10 heavy (non-hydrogen) atoms. The van der Waals surface area contributed by atoms with Gasteiger partial charge in [-0.05, 0) is 18.2 Å². The fourth-order valence-electron chi connectivity index (χ4n) is 0.823. The summed E-state index contributed by atoms with van der Waals surface area (Å²) in [5, 5.41) is 8.51. The molecule has 0 spiro atoms. The number of rotatable bonds is 0. The molecule has 0 N–H and O–H groups in total. The van der Waals surface area contributed by atoms with E-state index in [2.05, 4.69) is 22.5 Å². The molecule has 1 heterocycles. The molecule has 0 unspecified atom stereocenters. The van der Waals surface area contributed by atoms with Gasteiger partial charge in [-0.15, -0.1) is 10.2 Å². The van der Waals surface area contributed by atoms with E-state index >= 15 is 0 Å². The van der Waals surface area contributed by atoms with Gasteiger partial charge in [0.15, 0.2) is 0 Å². The topological polar surface area (TPSA) is 25.8 Å². The van der Waals surface area contributed by atoms with Gasteiger partial charge in [0.05, 0.1) is 5.52 Å². The summed E-state index contributed by atoms with van der Waals surface area (Å²) in [6, 6.07) is 10.3. The minimum Gasteiger partial charge on any atom is -0.150 e. The average Bonchev–Trinajstić information content (AvgIpc) is 2.05. The highest BCUT2D eigenvalue weighted by Crippen LogP contribution is 2.05. The standard InChI is InChI=1S/C8H4N2/c1-2-4-8-7(3-1)5-6-9-10-8/h1,3-5H.